The van der Waals surface area contributed by atoms with Gasteiger partial charge in [0.05, 0.1) is 10.7 Å². The summed E-state index contributed by atoms with van der Waals surface area (Å²) in [7, 11) is 0. The number of hydrogen-bond acceptors (Lipinski definition) is 2. The zero-order valence-corrected chi connectivity index (χ0v) is 9.55. The summed E-state index contributed by atoms with van der Waals surface area (Å²) in [5.74, 6) is -0.245. The van der Waals surface area contributed by atoms with E-state index in [4.69, 9.17) is 27.6 Å². The molecule has 1 amide bonds. The predicted molar refractivity (Wildman–Crippen MR) is 63.1 cm³/mol. The smallest absolute Gasteiger partial charge is 0.291 e. The fourth-order valence-corrected chi connectivity index (χ4v) is 1.51. The van der Waals surface area contributed by atoms with Crippen LogP contribution >= 0.6 is 23.2 Å². The average molecular weight is 256 g/mol. The first kappa shape index (κ1) is 11.0. The molecule has 1 heterocycles. The molecule has 3 nitrogen and oxygen atoms in total. The van der Waals surface area contributed by atoms with E-state index >= 15 is 0 Å². The fourth-order valence-electron chi connectivity index (χ4n) is 1.18. The molecule has 1 aromatic heterocycles. The van der Waals surface area contributed by atoms with E-state index in [9.17, 15) is 4.79 Å². The number of amides is 1. The number of nitrogens with one attached hydrogen (secondary N) is 1. The number of carbonyl (C=O) groups excluding carboxylic acids is 1. The van der Waals surface area contributed by atoms with Crippen molar-refractivity contribution >= 4 is 34.8 Å². The van der Waals surface area contributed by atoms with Crippen LogP contribution < -0.4 is 5.32 Å². The highest BCUT2D eigenvalue weighted by atomic mass is 35.5. The second kappa shape index (κ2) is 4.60. The number of rotatable bonds is 2. The molecule has 0 aliphatic heterocycles. The molecule has 1 N–H and O–H groups in total. The number of hydrogen-bond donors (Lipinski definition) is 1. The van der Waals surface area contributed by atoms with Gasteiger partial charge in [-0.25, -0.2) is 0 Å². The van der Waals surface area contributed by atoms with Gasteiger partial charge in [-0.05, 0) is 35.9 Å². The number of halogens is 2. The van der Waals surface area contributed by atoms with Gasteiger partial charge in [0, 0.05) is 0 Å². The number of para-hydroxylation sites is 1. The van der Waals surface area contributed by atoms with Crippen LogP contribution in [-0.4, -0.2) is 5.91 Å². The Bertz CT molecular complexity index is 522. The molecule has 0 atom stereocenters. The second-order valence-electron chi connectivity index (χ2n) is 3.04. The Kier molecular flexibility index (Phi) is 3.17. The third-order valence-corrected chi connectivity index (χ3v) is 2.45. The van der Waals surface area contributed by atoms with Crippen molar-refractivity contribution < 1.29 is 9.21 Å². The summed E-state index contributed by atoms with van der Waals surface area (Å²) >= 11 is 11.5. The molecule has 0 aliphatic carbocycles. The van der Waals surface area contributed by atoms with Crippen molar-refractivity contribution in [2.45, 2.75) is 0 Å². The van der Waals surface area contributed by atoms with Crippen LogP contribution in [0.25, 0.3) is 0 Å². The molecule has 0 saturated carbocycles. The van der Waals surface area contributed by atoms with Crippen molar-refractivity contribution in [3.05, 3.63) is 52.4 Å². The van der Waals surface area contributed by atoms with E-state index in [1.54, 1.807) is 24.3 Å². The van der Waals surface area contributed by atoms with E-state index in [0.717, 1.165) is 0 Å². The summed E-state index contributed by atoms with van der Waals surface area (Å²) in [5, 5.41) is 3.25. The summed E-state index contributed by atoms with van der Waals surface area (Å²) < 4.78 is 4.97. The van der Waals surface area contributed by atoms with Gasteiger partial charge < -0.3 is 9.73 Å². The van der Waals surface area contributed by atoms with Crippen molar-refractivity contribution in [2.75, 3.05) is 5.32 Å². The van der Waals surface area contributed by atoms with Crippen molar-refractivity contribution in [1.82, 2.24) is 0 Å². The highest BCUT2D eigenvalue weighted by molar-refractivity contribution is 6.34. The molecule has 5 heteroatoms. The van der Waals surface area contributed by atoms with Crippen LogP contribution in [0.2, 0.25) is 10.2 Å². The maximum atomic E-state index is 11.7. The van der Waals surface area contributed by atoms with Crippen molar-refractivity contribution in [2.24, 2.45) is 0 Å². The molecule has 2 aromatic rings. The first-order valence-corrected chi connectivity index (χ1v) is 5.23. The third-order valence-electron chi connectivity index (χ3n) is 1.92. The Morgan fingerprint density at radius 2 is 1.88 bits per heavy atom. The van der Waals surface area contributed by atoms with Crippen molar-refractivity contribution in [1.29, 1.82) is 0 Å². The van der Waals surface area contributed by atoms with Crippen molar-refractivity contribution in [3.63, 3.8) is 0 Å². The van der Waals surface area contributed by atoms with E-state index < -0.39 is 0 Å². The maximum Gasteiger partial charge on any atom is 0.291 e. The number of benzene rings is 1. The van der Waals surface area contributed by atoms with Crippen molar-refractivity contribution in [3.8, 4) is 0 Å². The molecular weight excluding hydrogens is 249 g/mol. The molecule has 0 unspecified atom stereocenters. The van der Waals surface area contributed by atoms with Crippen LogP contribution in [0.15, 0.2) is 40.8 Å². The number of carbonyl (C=O) groups is 1. The molecule has 16 heavy (non-hydrogen) atoms. The Morgan fingerprint density at radius 3 is 2.50 bits per heavy atom. The Labute approximate surface area is 102 Å². The van der Waals surface area contributed by atoms with E-state index in [1.807, 2.05) is 0 Å². The van der Waals surface area contributed by atoms with Gasteiger partial charge in [-0.3, -0.25) is 4.79 Å². The average Bonchev–Trinajstić information content (AvgIpc) is 2.68. The monoisotopic (exact) mass is 255 g/mol. The third kappa shape index (κ3) is 2.38. The van der Waals surface area contributed by atoms with Gasteiger partial charge in [0.25, 0.3) is 5.91 Å². The van der Waals surface area contributed by atoms with Gasteiger partial charge in [-0.2, -0.15) is 0 Å². The standard InChI is InChI=1S/C11H7Cl2NO2/c12-7-3-1-2-4-8(7)14-11(15)9-5-6-10(13)16-9/h1-6H,(H,14,15). The quantitative estimate of drug-likeness (QED) is 0.886. The maximum absolute atomic E-state index is 11.7. The minimum absolute atomic E-state index is 0.143. The lowest BCUT2D eigenvalue weighted by Crippen LogP contribution is -2.10. The SMILES string of the molecule is O=C(Nc1ccccc1Cl)c1ccc(Cl)o1. The highest BCUT2D eigenvalue weighted by Crippen LogP contribution is 2.22. The van der Waals surface area contributed by atoms with Crippen LogP contribution in [0.3, 0.4) is 0 Å². The molecular formula is C11H7Cl2NO2. The van der Waals surface area contributed by atoms with Gasteiger partial charge in [0.15, 0.2) is 11.0 Å². The van der Waals surface area contributed by atoms with Gasteiger partial charge in [0.1, 0.15) is 0 Å². The molecule has 0 radical (unpaired) electrons. The summed E-state index contributed by atoms with van der Waals surface area (Å²) in [5.41, 5.74) is 0.529. The lowest BCUT2D eigenvalue weighted by atomic mass is 10.3. The topological polar surface area (TPSA) is 42.2 Å². The highest BCUT2D eigenvalue weighted by Gasteiger charge is 2.11. The van der Waals surface area contributed by atoms with Crippen LogP contribution in [0.5, 0.6) is 0 Å². The minimum atomic E-state index is -0.389. The predicted octanol–water partition coefficient (Wildman–Crippen LogP) is 3.84. The minimum Gasteiger partial charge on any atom is -0.440 e. The van der Waals surface area contributed by atoms with Gasteiger partial charge in [-0.1, -0.05) is 23.7 Å². The van der Waals surface area contributed by atoms with Crippen LogP contribution in [0, 0.1) is 0 Å². The normalized spacial score (nSPS) is 10.1. The molecule has 0 fully saturated rings. The molecule has 1 aromatic carbocycles. The Morgan fingerprint density at radius 1 is 1.12 bits per heavy atom. The second-order valence-corrected chi connectivity index (χ2v) is 3.82. The van der Waals surface area contributed by atoms with Crippen LogP contribution in [0.1, 0.15) is 10.6 Å². The van der Waals surface area contributed by atoms with Crippen LogP contribution in [0.4, 0.5) is 5.69 Å². The molecule has 0 spiro atoms. The lowest BCUT2D eigenvalue weighted by molar-refractivity contribution is 0.0997. The Balaban J connectivity index is 2.17. The van der Waals surface area contributed by atoms with Gasteiger partial charge in [-0.15, -0.1) is 0 Å². The number of furan rings is 1. The zero-order valence-electron chi connectivity index (χ0n) is 8.04. The first-order chi connectivity index (χ1) is 7.66. The molecule has 0 bridgehead atoms. The van der Waals surface area contributed by atoms with Gasteiger partial charge >= 0.3 is 0 Å². The first-order valence-electron chi connectivity index (χ1n) is 4.48. The molecule has 2 rings (SSSR count). The summed E-state index contributed by atoms with van der Waals surface area (Å²) in [6.07, 6.45) is 0. The summed E-state index contributed by atoms with van der Waals surface area (Å²) in [4.78, 5) is 11.7. The van der Waals surface area contributed by atoms with Gasteiger partial charge in [0.2, 0.25) is 0 Å². The lowest BCUT2D eigenvalue weighted by Gasteiger charge is -2.04. The fraction of sp³-hybridized carbons (Fsp3) is 0. The van der Waals surface area contributed by atoms with E-state index in [2.05, 4.69) is 5.32 Å². The largest absolute Gasteiger partial charge is 0.440 e. The molecule has 0 aliphatic rings. The van der Waals surface area contributed by atoms with E-state index in [-0.39, 0.29) is 16.9 Å². The zero-order chi connectivity index (χ0) is 11.5. The van der Waals surface area contributed by atoms with Crippen LogP contribution in [-0.2, 0) is 0 Å². The number of anilines is 1. The van der Waals surface area contributed by atoms with E-state index in [0.29, 0.717) is 10.7 Å². The Hall–Kier alpha value is -1.45. The molecule has 82 valence electrons. The summed E-state index contributed by atoms with van der Waals surface area (Å²) in [6.45, 7) is 0. The summed E-state index contributed by atoms with van der Waals surface area (Å²) in [6, 6.07) is 9.94. The molecule has 0 saturated heterocycles. The van der Waals surface area contributed by atoms with E-state index in [1.165, 1.54) is 12.1 Å².